The summed E-state index contributed by atoms with van der Waals surface area (Å²) < 4.78 is 5.69. The molecule has 1 aliphatic rings. The van der Waals surface area contributed by atoms with Crippen LogP contribution in [0, 0.1) is 5.41 Å². The normalized spacial score (nSPS) is 34.4. The molecule has 2 nitrogen and oxygen atoms in total. The van der Waals surface area contributed by atoms with Crippen molar-refractivity contribution in [2.24, 2.45) is 5.41 Å². The number of rotatable bonds is 4. The van der Waals surface area contributed by atoms with Crippen LogP contribution in [0.5, 0.6) is 0 Å². The molecular formula is C11H23NO. The molecule has 1 aliphatic carbocycles. The Morgan fingerprint density at radius 1 is 1.54 bits per heavy atom. The van der Waals surface area contributed by atoms with E-state index in [0.717, 1.165) is 6.61 Å². The van der Waals surface area contributed by atoms with Gasteiger partial charge in [-0.05, 0) is 45.6 Å². The van der Waals surface area contributed by atoms with E-state index < -0.39 is 0 Å². The Morgan fingerprint density at radius 3 is 2.69 bits per heavy atom. The van der Waals surface area contributed by atoms with Crippen LogP contribution in [0.1, 0.15) is 40.0 Å². The van der Waals surface area contributed by atoms with Gasteiger partial charge in [0.15, 0.2) is 0 Å². The lowest BCUT2D eigenvalue weighted by Gasteiger charge is -2.25. The lowest BCUT2D eigenvalue weighted by atomic mass is 9.90. The van der Waals surface area contributed by atoms with E-state index >= 15 is 0 Å². The summed E-state index contributed by atoms with van der Waals surface area (Å²) in [5, 5.41) is 3.35. The van der Waals surface area contributed by atoms with Crippen LogP contribution in [0.3, 0.4) is 0 Å². The molecule has 0 radical (unpaired) electrons. The lowest BCUT2D eigenvalue weighted by Crippen LogP contribution is -2.27. The standard InChI is InChI=1S/C11H23NO/c1-9(2)13-8-11(3)6-5-10(7-11)12-4/h9-10,12H,5-8H2,1-4H3. The average molecular weight is 185 g/mol. The summed E-state index contributed by atoms with van der Waals surface area (Å²) in [5.41, 5.74) is 0.415. The van der Waals surface area contributed by atoms with E-state index in [4.69, 9.17) is 4.74 Å². The van der Waals surface area contributed by atoms with Gasteiger partial charge < -0.3 is 10.1 Å². The molecule has 0 bridgehead atoms. The maximum absolute atomic E-state index is 5.69. The molecule has 0 aliphatic heterocycles. The molecule has 0 amide bonds. The van der Waals surface area contributed by atoms with Gasteiger partial charge in [-0.15, -0.1) is 0 Å². The fourth-order valence-corrected chi connectivity index (χ4v) is 2.07. The number of ether oxygens (including phenoxy) is 1. The second-order valence-corrected chi connectivity index (χ2v) is 4.90. The molecule has 1 saturated carbocycles. The van der Waals surface area contributed by atoms with Crippen molar-refractivity contribution in [3.63, 3.8) is 0 Å². The molecular weight excluding hydrogens is 162 g/mol. The fraction of sp³-hybridized carbons (Fsp3) is 1.00. The van der Waals surface area contributed by atoms with Gasteiger partial charge in [0.05, 0.1) is 12.7 Å². The van der Waals surface area contributed by atoms with E-state index in [1.54, 1.807) is 0 Å². The van der Waals surface area contributed by atoms with Crippen molar-refractivity contribution in [3.05, 3.63) is 0 Å². The Hall–Kier alpha value is -0.0800. The predicted octanol–water partition coefficient (Wildman–Crippen LogP) is 2.19. The largest absolute Gasteiger partial charge is 0.378 e. The van der Waals surface area contributed by atoms with Crippen LogP contribution in [0.25, 0.3) is 0 Å². The van der Waals surface area contributed by atoms with Crippen molar-refractivity contribution in [3.8, 4) is 0 Å². The highest BCUT2D eigenvalue weighted by atomic mass is 16.5. The molecule has 1 rings (SSSR count). The van der Waals surface area contributed by atoms with Crippen LogP contribution in [0.4, 0.5) is 0 Å². The van der Waals surface area contributed by atoms with E-state index in [2.05, 4.69) is 33.1 Å². The van der Waals surface area contributed by atoms with Gasteiger partial charge in [0.25, 0.3) is 0 Å². The Labute approximate surface area is 82.0 Å². The zero-order valence-corrected chi connectivity index (χ0v) is 9.39. The lowest BCUT2D eigenvalue weighted by molar-refractivity contribution is 0.0161. The first-order valence-electron chi connectivity index (χ1n) is 5.34. The zero-order chi connectivity index (χ0) is 9.90. The average Bonchev–Trinajstić information content (AvgIpc) is 2.45. The number of hydrogen-bond acceptors (Lipinski definition) is 2. The second-order valence-electron chi connectivity index (χ2n) is 4.90. The minimum Gasteiger partial charge on any atom is -0.378 e. The van der Waals surface area contributed by atoms with Gasteiger partial charge in [0.1, 0.15) is 0 Å². The van der Waals surface area contributed by atoms with Crippen LogP contribution in [-0.4, -0.2) is 25.8 Å². The smallest absolute Gasteiger partial charge is 0.0523 e. The molecule has 2 heteroatoms. The third kappa shape index (κ3) is 3.28. The third-order valence-electron chi connectivity index (χ3n) is 3.01. The fourth-order valence-electron chi connectivity index (χ4n) is 2.07. The topological polar surface area (TPSA) is 21.3 Å². The minimum atomic E-state index is 0.366. The van der Waals surface area contributed by atoms with Gasteiger partial charge in [-0.2, -0.15) is 0 Å². The van der Waals surface area contributed by atoms with Crippen molar-refractivity contribution in [2.45, 2.75) is 52.2 Å². The number of nitrogens with one attached hydrogen (secondary N) is 1. The molecule has 0 aromatic carbocycles. The van der Waals surface area contributed by atoms with E-state index in [1.807, 2.05) is 0 Å². The first-order chi connectivity index (χ1) is 6.06. The Bertz CT molecular complexity index is 158. The van der Waals surface area contributed by atoms with Crippen molar-refractivity contribution >= 4 is 0 Å². The van der Waals surface area contributed by atoms with E-state index in [1.165, 1.54) is 19.3 Å². The van der Waals surface area contributed by atoms with Gasteiger partial charge in [-0.3, -0.25) is 0 Å². The molecule has 0 spiro atoms. The van der Waals surface area contributed by atoms with E-state index in [0.29, 0.717) is 17.6 Å². The SMILES string of the molecule is CNC1CCC(C)(COC(C)C)C1. The Kier molecular flexibility index (Phi) is 3.74. The Balaban J connectivity index is 2.31. The van der Waals surface area contributed by atoms with Crippen LogP contribution in [0.2, 0.25) is 0 Å². The van der Waals surface area contributed by atoms with Crippen molar-refractivity contribution in [1.29, 1.82) is 0 Å². The van der Waals surface area contributed by atoms with Gasteiger partial charge in [0.2, 0.25) is 0 Å². The first kappa shape index (κ1) is 11.0. The van der Waals surface area contributed by atoms with Crippen LogP contribution < -0.4 is 5.32 Å². The van der Waals surface area contributed by atoms with Crippen LogP contribution in [-0.2, 0) is 4.74 Å². The van der Waals surface area contributed by atoms with E-state index in [9.17, 15) is 0 Å². The van der Waals surface area contributed by atoms with Gasteiger partial charge in [0, 0.05) is 6.04 Å². The summed E-state index contributed by atoms with van der Waals surface area (Å²) in [7, 11) is 2.06. The molecule has 2 atom stereocenters. The molecule has 0 heterocycles. The van der Waals surface area contributed by atoms with Crippen molar-refractivity contribution < 1.29 is 4.74 Å². The summed E-state index contributed by atoms with van der Waals surface area (Å²) in [4.78, 5) is 0. The van der Waals surface area contributed by atoms with E-state index in [-0.39, 0.29) is 0 Å². The molecule has 13 heavy (non-hydrogen) atoms. The molecule has 78 valence electrons. The van der Waals surface area contributed by atoms with Crippen molar-refractivity contribution in [1.82, 2.24) is 5.32 Å². The van der Waals surface area contributed by atoms with Crippen molar-refractivity contribution in [2.75, 3.05) is 13.7 Å². The predicted molar refractivity (Wildman–Crippen MR) is 55.9 cm³/mol. The van der Waals surface area contributed by atoms with Gasteiger partial charge in [-0.25, -0.2) is 0 Å². The molecule has 0 saturated heterocycles. The van der Waals surface area contributed by atoms with Gasteiger partial charge in [-0.1, -0.05) is 6.92 Å². The zero-order valence-electron chi connectivity index (χ0n) is 9.39. The monoisotopic (exact) mass is 185 g/mol. The quantitative estimate of drug-likeness (QED) is 0.725. The summed E-state index contributed by atoms with van der Waals surface area (Å²) in [6, 6.07) is 0.709. The second kappa shape index (κ2) is 4.43. The molecule has 1 fully saturated rings. The van der Waals surface area contributed by atoms with Crippen LogP contribution in [0.15, 0.2) is 0 Å². The number of hydrogen-bond donors (Lipinski definition) is 1. The summed E-state index contributed by atoms with van der Waals surface area (Å²) >= 11 is 0. The highest BCUT2D eigenvalue weighted by Gasteiger charge is 2.34. The van der Waals surface area contributed by atoms with Gasteiger partial charge >= 0.3 is 0 Å². The summed E-state index contributed by atoms with van der Waals surface area (Å²) in [6.07, 6.45) is 4.22. The maximum atomic E-state index is 5.69. The summed E-state index contributed by atoms with van der Waals surface area (Å²) in [6.45, 7) is 7.47. The highest BCUT2D eigenvalue weighted by Crippen LogP contribution is 2.37. The molecule has 0 aromatic heterocycles. The Morgan fingerprint density at radius 2 is 2.23 bits per heavy atom. The van der Waals surface area contributed by atoms with Crippen LogP contribution >= 0.6 is 0 Å². The molecule has 2 unspecified atom stereocenters. The highest BCUT2D eigenvalue weighted by molar-refractivity contribution is 4.88. The maximum Gasteiger partial charge on any atom is 0.0523 e. The minimum absolute atomic E-state index is 0.366. The molecule has 1 N–H and O–H groups in total. The first-order valence-corrected chi connectivity index (χ1v) is 5.34. The summed E-state index contributed by atoms with van der Waals surface area (Å²) in [5.74, 6) is 0. The third-order valence-corrected chi connectivity index (χ3v) is 3.01. The molecule has 0 aromatic rings.